The Morgan fingerprint density at radius 2 is 2.33 bits per heavy atom. The van der Waals surface area contributed by atoms with Gasteiger partial charge in [-0.2, -0.15) is 0 Å². The van der Waals surface area contributed by atoms with E-state index >= 15 is 0 Å². The Kier molecular flexibility index (Phi) is 4.45. The van der Waals surface area contributed by atoms with Gasteiger partial charge in [-0.05, 0) is 13.0 Å². The average Bonchev–Trinajstić information content (AvgIpc) is 2.20. The van der Waals surface area contributed by atoms with Crippen molar-refractivity contribution in [1.29, 1.82) is 0 Å². The highest BCUT2D eigenvalue weighted by atomic mass is 19.1. The first-order chi connectivity index (χ1) is 7.15. The maximum absolute atomic E-state index is 13.6. The molecule has 5 heteroatoms. The Morgan fingerprint density at radius 3 is 2.93 bits per heavy atom. The highest BCUT2D eigenvalue weighted by Gasteiger charge is 2.07. The number of hydrogen-bond acceptors (Lipinski definition) is 4. The van der Waals surface area contributed by atoms with Gasteiger partial charge in [-0.25, -0.2) is 9.37 Å². The first-order valence-electron chi connectivity index (χ1n) is 4.85. The van der Waals surface area contributed by atoms with Crippen LogP contribution in [0.2, 0.25) is 0 Å². The molecular weight excluding hydrogens is 197 g/mol. The molecule has 1 unspecified atom stereocenters. The van der Waals surface area contributed by atoms with E-state index in [2.05, 4.69) is 15.6 Å². The van der Waals surface area contributed by atoms with Crippen LogP contribution in [0.25, 0.3) is 0 Å². The van der Waals surface area contributed by atoms with Crippen molar-refractivity contribution in [1.82, 2.24) is 10.3 Å². The number of aromatic nitrogens is 1. The van der Waals surface area contributed by atoms with E-state index in [1.165, 1.54) is 0 Å². The second-order valence-electron chi connectivity index (χ2n) is 3.36. The van der Waals surface area contributed by atoms with Crippen molar-refractivity contribution in [3.05, 3.63) is 23.6 Å². The highest BCUT2D eigenvalue weighted by Crippen LogP contribution is 2.13. The van der Waals surface area contributed by atoms with Crippen LogP contribution < -0.4 is 10.6 Å². The molecule has 0 amide bonds. The molecule has 0 radical (unpaired) electrons. The first kappa shape index (κ1) is 11.9. The van der Waals surface area contributed by atoms with Crippen LogP contribution in [0.1, 0.15) is 12.5 Å². The molecule has 3 N–H and O–H groups in total. The molecule has 0 spiro atoms. The van der Waals surface area contributed by atoms with Gasteiger partial charge in [0.2, 0.25) is 0 Å². The van der Waals surface area contributed by atoms with E-state index in [-0.39, 0.29) is 11.6 Å². The Bertz CT molecular complexity index is 318. The second kappa shape index (κ2) is 5.63. The summed E-state index contributed by atoms with van der Waals surface area (Å²) < 4.78 is 13.6. The van der Waals surface area contributed by atoms with Crippen LogP contribution >= 0.6 is 0 Å². The number of rotatable bonds is 5. The van der Waals surface area contributed by atoms with E-state index in [0.29, 0.717) is 18.7 Å². The smallest absolute Gasteiger partial charge is 0.169 e. The van der Waals surface area contributed by atoms with E-state index in [0.717, 1.165) is 0 Å². The molecule has 1 atom stereocenters. The molecule has 1 aromatic rings. The molecule has 0 fully saturated rings. The lowest BCUT2D eigenvalue weighted by Crippen LogP contribution is -2.24. The van der Waals surface area contributed by atoms with Crippen LogP contribution in [0, 0.1) is 5.82 Å². The van der Waals surface area contributed by atoms with Gasteiger partial charge in [0.1, 0.15) is 0 Å². The van der Waals surface area contributed by atoms with Gasteiger partial charge in [0.25, 0.3) is 0 Å². The molecule has 0 aliphatic heterocycles. The third-order valence-electron chi connectivity index (χ3n) is 1.96. The van der Waals surface area contributed by atoms with Crippen molar-refractivity contribution in [2.45, 2.75) is 19.6 Å². The topological polar surface area (TPSA) is 57.2 Å². The van der Waals surface area contributed by atoms with Crippen LogP contribution in [-0.2, 0) is 6.54 Å². The van der Waals surface area contributed by atoms with Crippen LogP contribution in [0.3, 0.4) is 0 Å². The predicted molar refractivity (Wildman–Crippen MR) is 57.1 cm³/mol. The summed E-state index contributed by atoms with van der Waals surface area (Å²) in [5.41, 5.74) is 0.537. The number of halogens is 1. The maximum atomic E-state index is 13.6. The SMILES string of the molecule is CNc1nccc(CNCC(C)O)c1F. The fraction of sp³-hybridized carbons (Fsp3) is 0.500. The molecule has 0 aromatic carbocycles. The fourth-order valence-corrected chi connectivity index (χ4v) is 1.21. The molecule has 0 saturated carbocycles. The van der Waals surface area contributed by atoms with Crippen molar-refractivity contribution >= 4 is 5.82 Å². The lowest BCUT2D eigenvalue weighted by molar-refractivity contribution is 0.191. The molecule has 0 saturated heterocycles. The zero-order valence-corrected chi connectivity index (χ0v) is 8.92. The van der Waals surface area contributed by atoms with Crippen molar-refractivity contribution < 1.29 is 9.50 Å². The van der Waals surface area contributed by atoms with E-state index in [1.807, 2.05) is 0 Å². The zero-order chi connectivity index (χ0) is 11.3. The third kappa shape index (κ3) is 3.45. The van der Waals surface area contributed by atoms with Crippen molar-refractivity contribution in [2.24, 2.45) is 0 Å². The van der Waals surface area contributed by atoms with E-state index in [9.17, 15) is 4.39 Å². The van der Waals surface area contributed by atoms with Crippen LogP contribution in [0.5, 0.6) is 0 Å². The molecule has 84 valence electrons. The van der Waals surface area contributed by atoms with Gasteiger partial charge in [-0.1, -0.05) is 0 Å². The molecule has 0 bridgehead atoms. The molecule has 1 heterocycles. The number of aliphatic hydroxyl groups is 1. The molecule has 0 aliphatic carbocycles. The lowest BCUT2D eigenvalue weighted by Gasteiger charge is -2.09. The van der Waals surface area contributed by atoms with Gasteiger partial charge in [0.05, 0.1) is 6.10 Å². The van der Waals surface area contributed by atoms with E-state index in [1.54, 1.807) is 26.2 Å². The third-order valence-corrected chi connectivity index (χ3v) is 1.96. The molecule has 4 nitrogen and oxygen atoms in total. The summed E-state index contributed by atoms with van der Waals surface area (Å²) in [5.74, 6) is -0.107. The Labute approximate surface area is 88.5 Å². The molecule has 15 heavy (non-hydrogen) atoms. The van der Waals surface area contributed by atoms with Crippen LogP contribution in [-0.4, -0.2) is 29.8 Å². The van der Waals surface area contributed by atoms with E-state index in [4.69, 9.17) is 5.11 Å². The summed E-state index contributed by atoms with van der Waals surface area (Å²) in [5, 5.41) is 14.6. The first-order valence-corrected chi connectivity index (χ1v) is 4.85. The van der Waals surface area contributed by atoms with E-state index < -0.39 is 6.10 Å². The normalized spacial score (nSPS) is 12.5. The number of aliphatic hydroxyl groups excluding tert-OH is 1. The van der Waals surface area contributed by atoms with Crippen LogP contribution in [0.4, 0.5) is 10.2 Å². The molecule has 0 aliphatic rings. The average molecular weight is 213 g/mol. The van der Waals surface area contributed by atoms with Crippen molar-refractivity contribution in [3.63, 3.8) is 0 Å². The maximum Gasteiger partial charge on any atom is 0.169 e. The standard InChI is InChI=1S/C10H16FN3O/c1-7(15)5-13-6-8-3-4-14-10(12-2)9(8)11/h3-4,7,13,15H,5-6H2,1-2H3,(H,12,14). The summed E-state index contributed by atoms with van der Waals surface area (Å²) >= 11 is 0. The van der Waals surface area contributed by atoms with Crippen LogP contribution in [0.15, 0.2) is 12.3 Å². The summed E-state index contributed by atoms with van der Waals surface area (Å²) in [4.78, 5) is 3.84. The Morgan fingerprint density at radius 1 is 1.60 bits per heavy atom. The monoisotopic (exact) mass is 213 g/mol. The number of nitrogens with one attached hydrogen (secondary N) is 2. The number of anilines is 1. The van der Waals surface area contributed by atoms with Gasteiger partial charge in [0.15, 0.2) is 11.6 Å². The summed E-state index contributed by atoms with van der Waals surface area (Å²) in [6.07, 6.45) is 1.12. The fourth-order valence-electron chi connectivity index (χ4n) is 1.21. The number of hydrogen-bond donors (Lipinski definition) is 3. The second-order valence-corrected chi connectivity index (χ2v) is 3.36. The Balaban J connectivity index is 2.61. The number of pyridine rings is 1. The highest BCUT2D eigenvalue weighted by molar-refractivity contribution is 5.38. The predicted octanol–water partition coefficient (Wildman–Crippen LogP) is 0.733. The zero-order valence-electron chi connectivity index (χ0n) is 8.92. The molecule has 1 rings (SSSR count). The van der Waals surface area contributed by atoms with Gasteiger partial charge >= 0.3 is 0 Å². The van der Waals surface area contributed by atoms with Gasteiger partial charge in [0, 0.05) is 31.9 Å². The number of nitrogens with zero attached hydrogens (tertiary/aromatic N) is 1. The minimum atomic E-state index is -0.432. The molecule has 1 aromatic heterocycles. The minimum absolute atomic E-state index is 0.242. The Hall–Kier alpha value is -1.20. The van der Waals surface area contributed by atoms with Gasteiger partial charge < -0.3 is 15.7 Å². The van der Waals surface area contributed by atoms with Crippen molar-refractivity contribution in [2.75, 3.05) is 18.9 Å². The van der Waals surface area contributed by atoms with Crippen molar-refractivity contribution in [3.8, 4) is 0 Å². The summed E-state index contributed by atoms with van der Waals surface area (Å²) in [7, 11) is 1.62. The molecular formula is C10H16FN3O. The van der Waals surface area contributed by atoms with Gasteiger partial charge in [-0.15, -0.1) is 0 Å². The van der Waals surface area contributed by atoms with Gasteiger partial charge in [-0.3, -0.25) is 0 Å². The summed E-state index contributed by atoms with van der Waals surface area (Å²) in [6, 6.07) is 1.62. The lowest BCUT2D eigenvalue weighted by atomic mass is 10.2. The summed E-state index contributed by atoms with van der Waals surface area (Å²) in [6.45, 7) is 2.50. The quantitative estimate of drug-likeness (QED) is 0.675. The largest absolute Gasteiger partial charge is 0.392 e. The minimum Gasteiger partial charge on any atom is -0.392 e.